The van der Waals surface area contributed by atoms with Crippen molar-refractivity contribution in [2.45, 2.75) is 72.1 Å². The number of hydrogen-bond acceptors (Lipinski definition) is 5. The van der Waals surface area contributed by atoms with Crippen LogP contribution in [0, 0.1) is 5.41 Å². The fraction of sp³-hybridized carbons (Fsp3) is 0.765. The highest BCUT2D eigenvalue weighted by atomic mass is 16.5. The van der Waals surface area contributed by atoms with E-state index in [-0.39, 0.29) is 17.1 Å². The average Bonchev–Trinajstić information content (AvgIpc) is 2.33. The molecular weight excluding hydrogens is 278 g/mol. The number of nitrogens with one attached hydrogen (secondary N) is 1. The highest BCUT2D eigenvalue weighted by Crippen LogP contribution is 2.26. The van der Waals surface area contributed by atoms with Gasteiger partial charge in [-0.05, 0) is 39.0 Å². The quantitative estimate of drug-likeness (QED) is 0.905. The van der Waals surface area contributed by atoms with Crippen LogP contribution in [0.5, 0.6) is 11.8 Å². The first-order chi connectivity index (χ1) is 10.1. The summed E-state index contributed by atoms with van der Waals surface area (Å²) in [5.41, 5.74) is 0.263. The zero-order valence-corrected chi connectivity index (χ0v) is 14.6. The predicted molar refractivity (Wildman–Crippen MR) is 87.3 cm³/mol. The van der Waals surface area contributed by atoms with Gasteiger partial charge in [0.1, 0.15) is 6.10 Å². The van der Waals surface area contributed by atoms with E-state index in [0.29, 0.717) is 24.4 Å². The third kappa shape index (κ3) is 5.79. The Morgan fingerprint density at radius 1 is 1.05 bits per heavy atom. The van der Waals surface area contributed by atoms with Crippen molar-refractivity contribution >= 4 is 0 Å². The molecule has 1 saturated carbocycles. The Bertz CT molecular complexity index is 468. The number of hydrogen-bond donors (Lipinski definition) is 1. The second-order valence-electron chi connectivity index (χ2n) is 8.34. The van der Waals surface area contributed by atoms with Crippen molar-refractivity contribution in [1.82, 2.24) is 15.3 Å². The summed E-state index contributed by atoms with van der Waals surface area (Å²) in [6.07, 6.45) is 5.53. The normalized spacial score (nSPS) is 22.1. The minimum absolute atomic E-state index is 0.109. The topological polar surface area (TPSA) is 56.3 Å². The summed E-state index contributed by atoms with van der Waals surface area (Å²) in [5.74, 6) is 1.12. The van der Waals surface area contributed by atoms with Crippen molar-refractivity contribution in [2.24, 2.45) is 5.41 Å². The first-order valence-corrected chi connectivity index (χ1v) is 8.00. The first-order valence-electron chi connectivity index (χ1n) is 8.00. The Morgan fingerprint density at radius 2 is 1.64 bits per heavy atom. The predicted octanol–water partition coefficient (Wildman–Crippen LogP) is 3.20. The smallest absolute Gasteiger partial charge is 0.232 e. The molecule has 0 unspecified atom stereocenters. The van der Waals surface area contributed by atoms with Crippen LogP contribution in [0.15, 0.2) is 12.4 Å². The van der Waals surface area contributed by atoms with Gasteiger partial charge in [0, 0.05) is 11.6 Å². The number of nitrogens with zero attached hydrogens (tertiary/aromatic N) is 2. The lowest BCUT2D eigenvalue weighted by Gasteiger charge is -2.39. The first kappa shape index (κ1) is 17.0. The van der Waals surface area contributed by atoms with Crippen LogP contribution in [-0.4, -0.2) is 34.3 Å². The molecule has 2 rings (SSSR count). The van der Waals surface area contributed by atoms with Gasteiger partial charge in [0.2, 0.25) is 11.8 Å². The lowest BCUT2D eigenvalue weighted by molar-refractivity contribution is 0.0687. The Balaban J connectivity index is 1.74. The maximum Gasteiger partial charge on any atom is 0.232 e. The zero-order valence-electron chi connectivity index (χ0n) is 14.6. The monoisotopic (exact) mass is 307 g/mol. The molecule has 0 aromatic carbocycles. The third-order valence-corrected chi connectivity index (χ3v) is 3.28. The molecule has 1 fully saturated rings. The standard InChI is InChI=1S/C17H29N3O2/c1-16(2,3)11-21-14-9-19-15(10-18-14)22-13-7-12(8-13)20-17(4,5)6/h9-10,12-13,20H,7-8,11H2,1-6H3. The zero-order chi connectivity index (χ0) is 16.4. The van der Waals surface area contributed by atoms with Gasteiger partial charge >= 0.3 is 0 Å². The molecule has 0 atom stereocenters. The van der Waals surface area contributed by atoms with E-state index in [1.165, 1.54) is 0 Å². The van der Waals surface area contributed by atoms with E-state index in [9.17, 15) is 0 Å². The third-order valence-electron chi connectivity index (χ3n) is 3.28. The van der Waals surface area contributed by atoms with E-state index < -0.39 is 0 Å². The molecule has 1 aromatic rings. The molecule has 1 aliphatic carbocycles. The number of rotatable bonds is 5. The average molecular weight is 307 g/mol. The van der Waals surface area contributed by atoms with Gasteiger partial charge in [0.05, 0.1) is 19.0 Å². The van der Waals surface area contributed by atoms with Crippen molar-refractivity contribution in [3.8, 4) is 11.8 Å². The van der Waals surface area contributed by atoms with E-state index in [2.05, 4.69) is 56.8 Å². The van der Waals surface area contributed by atoms with Gasteiger partial charge in [-0.1, -0.05) is 20.8 Å². The molecule has 5 heteroatoms. The molecule has 0 bridgehead atoms. The summed E-state index contributed by atoms with van der Waals surface area (Å²) in [5, 5.41) is 3.58. The van der Waals surface area contributed by atoms with Gasteiger partial charge in [0.25, 0.3) is 0 Å². The van der Waals surface area contributed by atoms with Gasteiger partial charge in [-0.15, -0.1) is 0 Å². The molecule has 1 aromatic heterocycles. The van der Waals surface area contributed by atoms with Crippen LogP contribution in [0.25, 0.3) is 0 Å². The molecule has 1 heterocycles. The van der Waals surface area contributed by atoms with Crippen LogP contribution in [0.4, 0.5) is 0 Å². The van der Waals surface area contributed by atoms with E-state index >= 15 is 0 Å². The lowest BCUT2D eigenvalue weighted by Crippen LogP contribution is -2.53. The minimum atomic E-state index is 0.109. The molecule has 1 aliphatic rings. The number of ether oxygens (including phenoxy) is 2. The van der Waals surface area contributed by atoms with Gasteiger partial charge in [-0.2, -0.15) is 0 Å². The van der Waals surface area contributed by atoms with Crippen molar-refractivity contribution in [3.05, 3.63) is 12.4 Å². The summed E-state index contributed by atoms with van der Waals surface area (Å²) in [4.78, 5) is 8.52. The summed E-state index contributed by atoms with van der Waals surface area (Å²) in [6, 6.07) is 0.535. The summed E-state index contributed by atoms with van der Waals surface area (Å²) < 4.78 is 11.4. The van der Waals surface area contributed by atoms with Crippen molar-refractivity contribution in [3.63, 3.8) is 0 Å². The Labute approximate surface area is 133 Å². The van der Waals surface area contributed by atoms with Crippen LogP contribution in [0.3, 0.4) is 0 Å². The molecule has 0 radical (unpaired) electrons. The molecule has 1 N–H and O–H groups in total. The molecule has 0 saturated heterocycles. The lowest BCUT2D eigenvalue weighted by atomic mass is 9.87. The van der Waals surface area contributed by atoms with Gasteiger partial charge < -0.3 is 14.8 Å². The maximum absolute atomic E-state index is 5.83. The summed E-state index contributed by atoms with van der Waals surface area (Å²) in [6.45, 7) is 13.5. The van der Waals surface area contributed by atoms with Gasteiger partial charge in [-0.25, -0.2) is 9.97 Å². The number of aromatic nitrogens is 2. The van der Waals surface area contributed by atoms with Gasteiger partial charge in [-0.3, -0.25) is 0 Å². The molecule has 0 spiro atoms. The molecular formula is C17H29N3O2. The van der Waals surface area contributed by atoms with E-state index in [1.807, 2.05) is 0 Å². The Kier molecular flexibility index (Phi) is 4.95. The largest absolute Gasteiger partial charge is 0.476 e. The van der Waals surface area contributed by atoms with Crippen LogP contribution in [-0.2, 0) is 0 Å². The second kappa shape index (κ2) is 6.41. The van der Waals surface area contributed by atoms with E-state index in [0.717, 1.165) is 12.8 Å². The van der Waals surface area contributed by atoms with Crippen LogP contribution in [0.1, 0.15) is 54.4 Å². The van der Waals surface area contributed by atoms with Crippen molar-refractivity contribution < 1.29 is 9.47 Å². The summed E-state index contributed by atoms with van der Waals surface area (Å²) >= 11 is 0. The molecule has 0 amide bonds. The fourth-order valence-electron chi connectivity index (χ4n) is 2.29. The van der Waals surface area contributed by atoms with Crippen LogP contribution >= 0.6 is 0 Å². The van der Waals surface area contributed by atoms with Crippen LogP contribution in [0.2, 0.25) is 0 Å². The van der Waals surface area contributed by atoms with Crippen molar-refractivity contribution in [2.75, 3.05) is 6.61 Å². The highest BCUT2D eigenvalue weighted by molar-refractivity contribution is 5.12. The Morgan fingerprint density at radius 3 is 2.14 bits per heavy atom. The highest BCUT2D eigenvalue weighted by Gasteiger charge is 2.33. The van der Waals surface area contributed by atoms with E-state index in [1.54, 1.807) is 12.4 Å². The summed E-state index contributed by atoms with van der Waals surface area (Å²) in [7, 11) is 0. The van der Waals surface area contributed by atoms with Crippen molar-refractivity contribution in [1.29, 1.82) is 0 Å². The SMILES string of the molecule is CC(C)(C)COc1cnc(OC2CC(NC(C)(C)C)C2)cn1. The maximum atomic E-state index is 5.83. The fourth-order valence-corrected chi connectivity index (χ4v) is 2.29. The molecule has 124 valence electrons. The molecule has 0 aliphatic heterocycles. The molecule has 5 nitrogen and oxygen atoms in total. The Hall–Kier alpha value is -1.36. The molecule has 22 heavy (non-hydrogen) atoms. The van der Waals surface area contributed by atoms with Gasteiger partial charge in [0.15, 0.2) is 0 Å². The second-order valence-corrected chi connectivity index (χ2v) is 8.34. The minimum Gasteiger partial charge on any atom is -0.476 e. The van der Waals surface area contributed by atoms with E-state index in [4.69, 9.17) is 9.47 Å². The van der Waals surface area contributed by atoms with Crippen LogP contribution < -0.4 is 14.8 Å².